The van der Waals surface area contributed by atoms with Gasteiger partial charge in [-0.15, -0.1) is 0 Å². The van der Waals surface area contributed by atoms with Gasteiger partial charge in [0.15, 0.2) is 0 Å². The van der Waals surface area contributed by atoms with Crippen molar-refractivity contribution in [1.82, 2.24) is 5.32 Å². The summed E-state index contributed by atoms with van der Waals surface area (Å²) in [6.07, 6.45) is 2.42. The zero-order valence-electron chi connectivity index (χ0n) is 9.09. The van der Waals surface area contributed by atoms with Crippen molar-refractivity contribution in [2.75, 3.05) is 7.11 Å². The second-order valence-corrected chi connectivity index (χ2v) is 4.05. The summed E-state index contributed by atoms with van der Waals surface area (Å²) in [4.78, 5) is 0. The summed E-state index contributed by atoms with van der Waals surface area (Å²) in [6, 6.07) is 5.67. The first-order valence-electron chi connectivity index (χ1n) is 5.30. The highest BCUT2D eigenvalue weighted by Crippen LogP contribution is 2.26. The highest BCUT2D eigenvalue weighted by molar-refractivity contribution is 5.30. The van der Waals surface area contributed by atoms with E-state index < -0.39 is 0 Å². The normalized spacial score (nSPS) is 17.5. The van der Waals surface area contributed by atoms with Crippen molar-refractivity contribution >= 4 is 0 Å². The molecule has 1 N–H and O–H groups in total. The monoisotopic (exact) mass is 209 g/mol. The van der Waals surface area contributed by atoms with Crippen LogP contribution in [-0.2, 0) is 0 Å². The van der Waals surface area contributed by atoms with Crippen LogP contribution in [0.3, 0.4) is 0 Å². The molecule has 0 unspecified atom stereocenters. The molecule has 1 fully saturated rings. The molecule has 0 aliphatic heterocycles. The van der Waals surface area contributed by atoms with Gasteiger partial charge in [-0.25, -0.2) is 4.39 Å². The molecular weight excluding hydrogens is 193 g/mol. The lowest BCUT2D eigenvalue weighted by atomic mass is 10.1. The smallest absolute Gasteiger partial charge is 0.131 e. The lowest BCUT2D eigenvalue weighted by molar-refractivity contribution is 0.409. The van der Waals surface area contributed by atoms with Crippen LogP contribution < -0.4 is 10.1 Å². The van der Waals surface area contributed by atoms with E-state index >= 15 is 0 Å². The maximum absolute atomic E-state index is 13.6. The molecule has 0 radical (unpaired) electrons. The van der Waals surface area contributed by atoms with Gasteiger partial charge in [0.25, 0.3) is 0 Å². The van der Waals surface area contributed by atoms with Gasteiger partial charge in [0.2, 0.25) is 0 Å². The molecule has 0 aromatic heterocycles. The first-order chi connectivity index (χ1) is 7.20. The molecule has 82 valence electrons. The summed E-state index contributed by atoms with van der Waals surface area (Å²) >= 11 is 0. The van der Waals surface area contributed by atoms with Gasteiger partial charge in [0.1, 0.15) is 11.6 Å². The quantitative estimate of drug-likeness (QED) is 0.823. The molecule has 1 saturated carbocycles. The van der Waals surface area contributed by atoms with Gasteiger partial charge in [-0.05, 0) is 25.8 Å². The van der Waals surface area contributed by atoms with Gasteiger partial charge in [-0.2, -0.15) is 0 Å². The minimum Gasteiger partial charge on any atom is -0.497 e. The van der Waals surface area contributed by atoms with Crippen molar-refractivity contribution < 1.29 is 9.13 Å². The summed E-state index contributed by atoms with van der Waals surface area (Å²) in [6.45, 7) is 1.99. The Morgan fingerprint density at radius 1 is 1.47 bits per heavy atom. The minimum absolute atomic E-state index is 0.0726. The van der Waals surface area contributed by atoms with Crippen molar-refractivity contribution in [3.8, 4) is 5.75 Å². The van der Waals surface area contributed by atoms with Crippen LogP contribution in [0.4, 0.5) is 4.39 Å². The van der Waals surface area contributed by atoms with Crippen molar-refractivity contribution in [3.05, 3.63) is 29.6 Å². The van der Waals surface area contributed by atoms with Crippen LogP contribution in [-0.4, -0.2) is 13.2 Å². The molecule has 1 atom stereocenters. The molecular formula is C12H16FNO. The van der Waals surface area contributed by atoms with Gasteiger partial charge in [-0.3, -0.25) is 0 Å². The van der Waals surface area contributed by atoms with Crippen molar-refractivity contribution in [1.29, 1.82) is 0 Å². The Morgan fingerprint density at radius 2 is 2.20 bits per heavy atom. The van der Waals surface area contributed by atoms with Crippen LogP contribution in [0.25, 0.3) is 0 Å². The van der Waals surface area contributed by atoms with Crippen LogP contribution in [0.15, 0.2) is 18.2 Å². The van der Waals surface area contributed by atoms with E-state index in [0.717, 1.165) is 0 Å². The average molecular weight is 209 g/mol. The van der Waals surface area contributed by atoms with E-state index in [0.29, 0.717) is 17.4 Å². The number of ether oxygens (including phenoxy) is 1. The van der Waals surface area contributed by atoms with Crippen LogP contribution >= 0.6 is 0 Å². The number of rotatable bonds is 4. The number of hydrogen-bond acceptors (Lipinski definition) is 2. The molecule has 2 nitrogen and oxygen atoms in total. The maximum atomic E-state index is 13.6. The van der Waals surface area contributed by atoms with E-state index in [2.05, 4.69) is 5.32 Å². The highest BCUT2D eigenvalue weighted by atomic mass is 19.1. The van der Waals surface area contributed by atoms with Crippen molar-refractivity contribution in [3.63, 3.8) is 0 Å². The van der Waals surface area contributed by atoms with Crippen molar-refractivity contribution in [2.24, 2.45) is 0 Å². The zero-order chi connectivity index (χ0) is 10.8. The Morgan fingerprint density at radius 3 is 2.73 bits per heavy atom. The van der Waals surface area contributed by atoms with E-state index in [-0.39, 0.29) is 11.9 Å². The van der Waals surface area contributed by atoms with Gasteiger partial charge in [0, 0.05) is 23.7 Å². The predicted octanol–water partition coefficient (Wildman–Crippen LogP) is 2.65. The molecule has 2 rings (SSSR count). The number of hydrogen-bond donors (Lipinski definition) is 1. The van der Waals surface area contributed by atoms with Crippen LogP contribution in [0.5, 0.6) is 5.75 Å². The first-order valence-corrected chi connectivity index (χ1v) is 5.30. The summed E-state index contributed by atoms with van der Waals surface area (Å²) in [5, 5.41) is 3.37. The number of halogens is 1. The molecule has 1 aromatic rings. The molecule has 1 aliphatic rings. The zero-order valence-corrected chi connectivity index (χ0v) is 9.09. The third-order valence-electron chi connectivity index (χ3n) is 2.74. The van der Waals surface area contributed by atoms with E-state index in [1.54, 1.807) is 19.2 Å². The highest BCUT2D eigenvalue weighted by Gasteiger charge is 2.24. The van der Waals surface area contributed by atoms with Gasteiger partial charge in [-0.1, -0.05) is 6.07 Å². The molecule has 0 bridgehead atoms. The van der Waals surface area contributed by atoms with E-state index in [4.69, 9.17) is 4.74 Å². The Hall–Kier alpha value is -1.09. The Bertz CT molecular complexity index is 349. The third-order valence-corrected chi connectivity index (χ3v) is 2.74. The van der Waals surface area contributed by atoms with Gasteiger partial charge < -0.3 is 10.1 Å². The molecule has 1 aromatic carbocycles. The van der Waals surface area contributed by atoms with Gasteiger partial charge in [0.05, 0.1) is 7.11 Å². The van der Waals surface area contributed by atoms with Crippen molar-refractivity contribution in [2.45, 2.75) is 31.8 Å². The molecule has 0 amide bonds. The topological polar surface area (TPSA) is 21.3 Å². The average Bonchev–Trinajstić information content (AvgIpc) is 3.01. The third kappa shape index (κ3) is 2.48. The fourth-order valence-electron chi connectivity index (χ4n) is 1.68. The number of benzene rings is 1. The molecule has 3 heteroatoms. The Balaban J connectivity index is 2.11. The largest absolute Gasteiger partial charge is 0.497 e. The fraction of sp³-hybridized carbons (Fsp3) is 0.500. The summed E-state index contributed by atoms with van der Waals surface area (Å²) < 4.78 is 18.6. The standard InChI is InChI=1S/C12H16FNO/c1-8(14-9-3-4-9)11-6-5-10(15-2)7-12(11)13/h5-9,14H,3-4H2,1-2H3/t8-/m1/s1. The van der Waals surface area contributed by atoms with E-state index in [1.807, 2.05) is 6.92 Å². The van der Waals surface area contributed by atoms with Crippen LogP contribution in [0, 0.1) is 5.82 Å². The summed E-state index contributed by atoms with van der Waals surface area (Å²) in [5.74, 6) is 0.366. The van der Waals surface area contributed by atoms with Crippen LogP contribution in [0.1, 0.15) is 31.4 Å². The summed E-state index contributed by atoms with van der Waals surface area (Å²) in [7, 11) is 1.54. The predicted molar refractivity (Wildman–Crippen MR) is 57.5 cm³/mol. The molecule has 1 aliphatic carbocycles. The van der Waals surface area contributed by atoms with Crippen LogP contribution in [0.2, 0.25) is 0 Å². The molecule has 0 heterocycles. The lowest BCUT2D eigenvalue weighted by Crippen LogP contribution is -2.21. The molecule has 0 saturated heterocycles. The maximum Gasteiger partial charge on any atom is 0.131 e. The van der Waals surface area contributed by atoms with Gasteiger partial charge >= 0.3 is 0 Å². The number of methoxy groups -OCH3 is 1. The molecule has 15 heavy (non-hydrogen) atoms. The van der Waals surface area contributed by atoms with E-state index in [1.165, 1.54) is 18.9 Å². The Labute approximate surface area is 89.4 Å². The SMILES string of the molecule is COc1ccc([C@@H](C)NC2CC2)c(F)c1. The first kappa shape index (κ1) is 10.4. The second kappa shape index (κ2) is 4.19. The Kier molecular flexibility index (Phi) is 2.91. The molecule has 0 spiro atoms. The summed E-state index contributed by atoms with van der Waals surface area (Å²) in [5.41, 5.74) is 0.711. The fourth-order valence-corrected chi connectivity index (χ4v) is 1.68. The number of nitrogens with one attached hydrogen (secondary N) is 1. The second-order valence-electron chi connectivity index (χ2n) is 4.05. The minimum atomic E-state index is -0.199. The van der Waals surface area contributed by atoms with E-state index in [9.17, 15) is 4.39 Å². The lowest BCUT2D eigenvalue weighted by Gasteiger charge is -2.14.